The Hall–Kier alpha value is -1.97. The van der Waals surface area contributed by atoms with Crippen LogP contribution in [0.25, 0.3) is 0 Å². The number of aromatic nitrogens is 2. The summed E-state index contributed by atoms with van der Waals surface area (Å²) >= 11 is 0. The molecule has 0 aliphatic rings. The van der Waals surface area contributed by atoms with Crippen LogP contribution in [0.1, 0.15) is 17.7 Å². The van der Waals surface area contributed by atoms with Crippen molar-refractivity contribution in [2.75, 3.05) is 12.3 Å². The first-order valence-corrected chi connectivity index (χ1v) is 6.16. The van der Waals surface area contributed by atoms with Crippen LogP contribution in [0.3, 0.4) is 0 Å². The fraction of sp³-hybridized carbons (Fsp3) is 0.357. The second kappa shape index (κ2) is 5.58. The minimum Gasteiger partial charge on any atom is -0.494 e. The summed E-state index contributed by atoms with van der Waals surface area (Å²) in [7, 11) is 0. The summed E-state index contributed by atoms with van der Waals surface area (Å²) in [4.78, 5) is 0. The van der Waals surface area contributed by atoms with Gasteiger partial charge in [-0.2, -0.15) is 5.10 Å². The van der Waals surface area contributed by atoms with Gasteiger partial charge in [-0.3, -0.25) is 0 Å². The van der Waals surface area contributed by atoms with Gasteiger partial charge in [-0.1, -0.05) is 18.2 Å². The third-order valence-electron chi connectivity index (χ3n) is 3.00. The van der Waals surface area contributed by atoms with Crippen LogP contribution in [0.15, 0.2) is 30.3 Å². The van der Waals surface area contributed by atoms with Gasteiger partial charge in [-0.05, 0) is 26.0 Å². The average molecular weight is 245 g/mol. The zero-order valence-electron chi connectivity index (χ0n) is 10.9. The molecule has 4 heteroatoms. The van der Waals surface area contributed by atoms with Crippen molar-refractivity contribution in [2.24, 2.45) is 0 Å². The second-order valence-electron chi connectivity index (χ2n) is 4.33. The molecule has 0 saturated heterocycles. The maximum absolute atomic E-state index is 5.96. The SMILES string of the molecule is Cc1nn(CCCOc2ccccc2)c(N)c1C. The Balaban J connectivity index is 1.80. The van der Waals surface area contributed by atoms with Crippen molar-refractivity contribution in [3.63, 3.8) is 0 Å². The third-order valence-corrected chi connectivity index (χ3v) is 3.00. The molecular formula is C14H19N3O. The summed E-state index contributed by atoms with van der Waals surface area (Å²) in [5.41, 5.74) is 8.02. The molecule has 2 N–H and O–H groups in total. The largest absolute Gasteiger partial charge is 0.494 e. The van der Waals surface area contributed by atoms with Gasteiger partial charge < -0.3 is 10.5 Å². The number of aryl methyl sites for hydroxylation is 2. The highest BCUT2D eigenvalue weighted by Crippen LogP contribution is 2.15. The number of nitrogens with zero attached hydrogens (tertiary/aromatic N) is 2. The molecular weight excluding hydrogens is 226 g/mol. The Kier molecular flexibility index (Phi) is 3.87. The van der Waals surface area contributed by atoms with Gasteiger partial charge in [0.15, 0.2) is 0 Å². The number of ether oxygens (including phenoxy) is 1. The number of para-hydroxylation sites is 1. The predicted molar refractivity (Wildman–Crippen MR) is 72.7 cm³/mol. The van der Waals surface area contributed by atoms with Gasteiger partial charge in [0.05, 0.1) is 12.3 Å². The molecule has 0 spiro atoms. The van der Waals surface area contributed by atoms with E-state index >= 15 is 0 Å². The van der Waals surface area contributed by atoms with E-state index in [4.69, 9.17) is 10.5 Å². The number of nitrogens with two attached hydrogens (primary N) is 1. The zero-order valence-corrected chi connectivity index (χ0v) is 10.9. The summed E-state index contributed by atoms with van der Waals surface area (Å²) in [5, 5.41) is 4.39. The summed E-state index contributed by atoms with van der Waals surface area (Å²) < 4.78 is 7.47. The van der Waals surface area contributed by atoms with Gasteiger partial charge in [0.25, 0.3) is 0 Å². The van der Waals surface area contributed by atoms with Crippen molar-refractivity contribution in [1.29, 1.82) is 0 Å². The molecule has 96 valence electrons. The fourth-order valence-corrected chi connectivity index (χ4v) is 1.78. The number of nitrogen functional groups attached to an aromatic ring is 1. The van der Waals surface area contributed by atoms with Crippen molar-refractivity contribution in [1.82, 2.24) is 9.78 Å². The lowest BCUT2D eigenvalue weighted by molar-refractivity contribution is 0.299. The summed E-state index contributed by atoms with van der Waals surface area (Å²) in [5.74, 6) is 1.66. The maximum Gasteiger partial charge on any atom is 0.124 e. The number of anilines is 1. The van der Waals surface area contributed by atoms with Crippen LogP contribution in [0.2, 0.25) is 0 Å². The lowest BCUT2D eigenvalue weighted by Crippen LogP contribution is -2.08. The smallest absolute Gasteiger partial charge is 0.124 e. The van der Waals surface area contributed by atoms with E-state index in [0.717, 1.165) is 35.8 Å². The highest BCUT2D eigenvalue weighted by atomic mass is 16.5. The molecule has 0 bridgehead atoms. The van der Waals surface area contributed by atoms with Gasteiger partial charge >= 0.3 is 0 Å². The Labute approximate surface area is 107 Å². The number of rotatable bonds is 5. The standard InChI is InChI=1S/C14H19N3O/c1-11-12(2)16-17(14(11)15)9-6-10-18-13-7-4-3-5-8-13/h3-5,7-8H,6,9-10,15H2,1-2H3. The topological polar surface area (TPSA) is 53.1 Å². The van der Waals surface area contributed by atoms with Gasteiger partial charge in [0.1, 0.15) is 11.6 Å². The summed E-state index contributed by atoms with van der Waals surface area (Å²) in [6.45, 7) is 5.42. The lowest BCUT2D eigenvalue weighted by atomic mass is 10.3. The first kappa shape index (κ1) is 12.5. The van der Waals surface area contributed by atoms with Gasteiger partial charge in [-0.25, -0.2) is 4.68 Å². The maximum atomic E-state index is 5.96. The van der Waals surface area contributed by atoms with E-state index in [1.54, 1.807) is 0 Å². The molecule has 18 heavy (non-hydrogen) atoms. The molecule has 0 atom stereocenters. The molecule has 1 aromatic heterocycles. The van der Waals surface area contributed by atoms with Crippen molar-refractivity contribution in [3.8, 4) is 5.75 Å². The molecule has 1 aromatic carbocycles. The van der Waals surface area contributed by atoms with Gasteiger partial charge in [-0.15, -0.1) is 0 Å². The Morgan fingerprint density at radius 1 is 1.22 bits per heavy atom. The van der Waals surface area contributed by atoms with E-state index in [1.165, 1.54) is 0 Å². The Bertz CT molecular complexity index is 505. The van der Waals surface area contributed by atoms with Crippen molar-refractivity contribution in [2.45, 2.75) is 26.8 Å². The molecule has 0 aliphatic carbocycles. The van der Waals surface area contributed by atoms with Crippen molar-refractivity contribution >= 4 is 5.82 Å². The van der Waals surface area contributed by atoms with Gasteiger partial charge in [0, 0.05) is 18.5 Å². The summed E-state index contributed by atoms with van der Waals surface area (Å²) in [6, 6.07) is 9.82. The molecule has 0 radical (unpaired) electrons. The predicted octanol–water partition coefficient (Wildman–Crippen LogP) is 2.55. The van der Waals surface area contributed by atoms with Crippen LogP contribution in [-0.4, -0.2) is 16.4 Å². The highest BCUT2D eigenvalue weighted by Gasteiger charge is 2.07. The molecule has 2 aromatic rings. The van der Waals surface area contributed by atoms with E-state index < -0.39 is 0 Å². The molecule has 0 unspecified atom stereocenters. The van der Waals surface area contributed by atoms with Crippen LogP contribution in [-0.2, 0) is 6.54 Å². The first-order chi connectivity index (χ1) is 8.68. The van der Waals surface area contributed by atoms with E-state index in [0.29, 0.717) is 6.61 Å². The molecule has 0 aliphatic heterocycles. The number of hydrogen-bond donors (Lipinski definition) is 1. The third kappa shape index (κ3) is 2.83. The minimum atomic E-state index is 0.668. The highest BCUT2D eigenvalue weighted by molar-refractivity contribution is 5.41. The minimum absolute atomic E-state index is 0.668. The molecule has 1 heterocycles. The van der Waals surface area contributed by atoms with Crippen molar-refractivity contribution in [3.05, 3.63) is 41.6 Å². The Morgan fingerprint density at radius 3 is 2.56 bits per heavy atom. The second-order valence-corrected chi connectivity index (χ2v) is 4.33. The van der Waals surface area contributed by atoms with Crippen molar-refractivity contribution < 1.29 is 4.74 Å². The lowest BCUT2D eigenvalue weighted by Gasteiger charge is -2.07. The first-order valence-electron chi connectivity index (χ1n) is 6.16. The van der Waals surface area contributed by atoms with Crippen LogP contribution < -0.4 is 10.5 Å². The van der Waals surface area contributed by atoms with Crippen LogP contribution in [0, 0.1) is 13.8 Å². The molecule has 0 saturated carbocycles. The van der Waals surface area contributed by atoms with E-state index in [1.807, 2.05) is 48.9 Å². The van der Waals surface area contributed by atoms with E-state index in [-0.39, 0.29) is 0 Å². The fourth-order valence-electron chi connectivity index (χ4n) is 1.78. The van der Waals surface area contributed by atoms with E-state index in [2.05, 4.69) is 5.10 Å². The monoisotopic (exact) mass is 245 g/mol. The summed E-state index contributed by atoms with van der Waals surface area (Å²) in [6.07, 6.45) is 0.889. The molecule has 0 amide bonds. The van der Waals surface area contributed by atoms with E-state index in [9.17, 15) is 0 Å². The Morgan fingerprint density at radius 2 is 1.94 bits per heavy atom. The van der Waals surface area contributed by atoms with Crippen LogP contribution in [0.5, 0.6) is 5.75 Å². The zero-order chi connectivity index (χ0) is 13.0. The molecule has 2 rings (SSSR count). The van der Waals surface area contributed by atoms with Gasteiger partial charge in [0.2, 0.25) is 0 Å². The quantitative estimate of drug-likeness (QED) is 0.824. The average Bonchev–Trinajstić information content (AvgIpc) is 2.64. The molecule has 4 nitrogen and oxygen atoms in total. The molecule has 0 fully saturated rings. The van der Waals surface area contributed by atoms with Crippen LogP contribution in [0.4, 0.5) is 5.82 Å². The number of benzene rings is 1. The normalized spacial score (nSPS) is 10.6. The van der Waals surface area contributed by atoms with Crippen LogP contribution >= 0.6 is 0 Å². The number of hydrogen-bond acceptors (Lipinski definition) is 3.